The van der Waals surface area contributed by atoms with Crippen LogP contribution < -0.4 is 4.72 Å². The number of rotatable bonds is 11. The Morgan fingerprint density at radius 2 is 1.41 bits per heavy atom. The molecule has 0 aliphatic heterocycles. The molecular weight excluding hydrogens is 492 g/mol. The van der Waals surface area contributed by atoms with Gasteiger partial charge in [0, 0.05) is 24.2 Å². The zero-order chi connectivity index (χ0) is 24.8. The molecular formula is C25H29ClN2O4S2. The van der Waals surface area contributed by atoms with E-state index in [0.717, 1.165) is 11.1 Å². The van der Waals surface area contributed by atoms with Crippen LogP contribution in [-0.2, 0) is 33.0 Å². The lowest BCUT2D eigenvalue weighted by molar-refractivity contribution is 0.409. The van der Waals surface area contributed by atoms with Crippen molar-refractivity contribution in [3.8, 4) is 0 Å². The summed E-state index contributed by atoms with van der Waals surface area (Å²) in [5.74, 6) is 0. The summed E-state index contributed by atoms with van der Waals surface area (Å²) in [4.78, 5) is 0.0669. The molecule has 0 fully saturated rings. The van der Waals surface area contributed by atoms with Gasteiger partial charge in [-0.25, -0.2) is 21.6 Å². The maximum absolute atomic E-state index is 13.5. The van der Waals surface area contributed by atoms with Crippen LogP contribution in [0.15, 0.2) is 88.7 Å². The second kappa shape index (κ2) is 11.5. The predicted octanol–water partition coefficient (Wildman–Crippen LogP) is 4.85. The van der Waals surface area contributed by atoms with Crippen molar-refractivity contribution in [2.75, 3.05) is 6.54 Å². The predicted molar refractivity (Wildman–Crippen MR) is 136 cm³/mol. The Labute approximate surface area is 207 Å². The Morgan fingerprint density at radius 3 is 2.00 bits per heavy atom. The monoisotopic (exact) mass is 520 g/mol. The summed E-state index contributed by atoms with van der Waals surface area (Å²) < 4.78 is 56.2. The molecule has 9 heteroatoms. The SMILES string of the molecule is CCC(C)NS(=O)(=O)c1ccc(S(=O)(=O)N(CCc2ccccc2)Cc2ccc(Cl)cc2)cc1. The van der Waals surface area contributed by atoms with Gasteiger partial charge in [-0.05, 0) is 67.3 Å². The van der Waals surface area contributed by atoms with Crippen molar-refractivity contribution in [1.29, 1.82) is 0 Å². The smallest absolute Gasteiger partial charge is 0.208 e. The average Bonchev–Trinajstić information content (AvgIpc) is 2.83. The molecule has 0 saturated heterocycles. The number of hydrogen-bond donors (Lipinski definition) is 1. The van der Waals surface area contributed by atoms with Gasteiger partial charge in [-0.15, -0.1) is 0 Å². The minimum atomic E-state index is -3.88. The first kappa shape index (κ1) is 26.4. The molecule has 34 heavy (non-hydrogen) atoms. The van der Waals surface area contributed by atoms with Crippen LogP contribution in [-0.4, -0.2) is 33.7 Å². The van der Waals surface area contributed by atoms with Crippen LogP contribution in [0.3, 0.4) is 0 Å². The summed E-state index contributed by atoms with van der Waals surface area (Å²) in [6.45, 7) is 4.10. The van der Waals surface area contributed by atoms with Gasteiger partial charge < -0.3 is 0 Å². The molecule has 0 aliphatic rings. The van der Waals surface area contributed by atoms with E-state index in [4.69, 9.17) is 11.6 Å². The molecule has 0 saturated carbocycles. The topological polar surface area (TPSA) is 83.5 Å². The highest BCUT2D eigenvalue weighted by Gasteiger charge is 2.26. The van der Waals surface area contributed by atoms with Crippen molar-refractivity contribution in [3.05, 3.63) is 95.0 Å². The van der Waals surface area contributed by atoms with E-state index in [1.54, 1.807) is 31.2 Å². The lowest BCUT2D eigenvalue weighted by Gasteiger charge is -2.23. The molecule has 3 aromatic carbocycles. The molecule has 1 N–H and O–H groups in total. The number of sulfonamides is 2. The third-order valence-electron chi connectivity index (χ3n) is 5.51. The van der Waals surface area contributed by atoms with E-state index >= 15 is 0 Å². The second-order valence-corrected chi connectivity index (χ2v) is 12.2. The van der Waals surface area contributed by atoms with Gasteiger partial charge >= 0.3 is 0 Å². The third kappa shape index (κ3) is 6.90. The normalized spacial score (nSPS) is 13.2. The first-order valence-electron chi connectivity index (χ1n) is 11.0. The number of hydrogen-bond acceptors (Lipinski definition) is 4. The Kier molecular flexibility index (Phi) is 8.89. The van der Waals surface area contributed by atoms with Crippen molar-refractivity contribution in [2.45, 2.75) is 49.1 Å². The molecule has 0 radical (unpaired) electrons. The van der Waals surface area contributed by atoms with E-state index in [1.165, 1.54) is 28.6 Å². The summed E-state index contributed by atoms with van der Waals surface area (Å²) in [6.07, 6.45) is 1.19. The standard InChI is InChI=1S/C25H29ClN2O4S2/c1-3-20(2)27-33(29,30)24-13-15-25(16-14-24)34(31,32)28(18-17-21-7-5-4-6-8-21)19-22-9-11-23(26)12-10-22/h4-16,20,27H,3,17-19H2,1-2H3. The van der Waals surface area contributed by atoms with Crippen molar-refractivity contribution < 1.29 is 16.8 Å². The molecule has 1 atom stereocenters. The minimum Gasteiger partial charge on any atom is -0.208 e. The van der Waals surface area contributed by atoms with Crippen molar-refractivity contribution >= 4 is 31.6 Å². The van der Waals surface area contributed by atoms with Crippen LogP contribution in [0.25, 0.3) is 0 Å². The minimum absolute atomic E-state index is 0.0280. The van der Waals surface area contributed by atoms with Crippen molar-refractivity contribution in [1.82, 2.24) is 9.03 Å². The first-order chi connectivity index (χ1) is 16.1. The third-order valence-corrected chi connectivity index (χ3v) is 9.22. The van der Waals surface area contributed by atoms with Gasteiger partial charge in [-0.1, -0.05) is 61.0 Å². The lowest BCUT2D eigenvalue weighted by atomic mass is 10.1. The van der Waals surface area contributed by atoms with Crippen LogP contribution in [0.5, 0.6) is 0 Å². The largest absolute Gasteiger partial charge is 0.243 e. The zero-order valence-corrected chi connectivity index (χ0v) is 21.6. The zero-order valence-electron chi connectivity index (χ0n) is 19.2. The molecule has 1 unspecified atom stereocenters. The summed E-state index contributed by atoms with van der Waals surface area (Å²) in [5.41, 5.74) is 1.83. The number of nitrogens with zero attached hydrogens (tertiary/aromatic N) is 1. The lowest BCUT2D eigenvalue weighted by Crippen LogP contribution is -2.33. The van der Waals surface area contributed by atoms with Gasteiger partial charge in [0.25, 0.3) is 0 Å². The van der Waals surface area contributed by atoms with Crippen LogP contribution in [0.4, 0.5) is 0 Å². The van der Waals surface area contributed by atoms with Crippen LogP contribution >= 0.6 is 11.6 Å². The van der Waals surface area contributed by atoms with Gasteiger partial charge in [-0.2, -0.15) is 4.31 Å². The molecule has 0 aliphatic carbocycles. The Bertz CT molecular complexity index is 1280. The molecule has 3 aromatic rings. The van der Waals surface area contributed by atoms with Gasteiger partial charge in [-0.3, -0.25) is 0 Å². The van der Waals surface area contributed by atoms with E-state index < -0.39 is 20.0 Å². The summed E-state index contributed by atoms with van der Waals surface area (Å²) in [7, 11) is -7.61. The maximum Gasteiger partial charge on any atom is 0.243 e. The quantitative estimate of drug-likeness (QED) is 0.391. The van der Waals surface area contributed by atoms with E-state index in [0.29, 0.717) is 17.9 Å². The van der Waals surface area contributed by atoms with E-state index in [-0.39, 0.29) is 28.9 Å². The first-order valence-corrected chi connectivity index (χ1v) is 14.3. The maximum atomic E-state index is 13.5. The number of nitrogens with one attached hydrogen (secondary N) is 1. The van der Waals surface area contributed by atoms with Crippen LogP contribution in [0.2, 0.25) is 5.02 Å². The van der Waals surface area contributed by atoms with E-state index in [2.05, 4.69) is 4.72 Å². The van der Waals surface area contributed by atoms with Crippen LogP contribution in [0, 0.1) is 0 Å². The molecule has 0 spiro atoms. The molecule has 0 heterocycles. The van der Waals surface area contributed by atoms with E-state index in [9.17, 15) is 16.8 Å². The summed E-state index contributed by atoms with van der Waals surface area (Å²) in [5, 5.41) is 0.574. The number of benzene rings is 3. The molecule has 182 valence electrons. The summed E-state index contributed by atoms with van der Waals surface area (Å²) in [6, 6.07) is 21.8. The van der Waals surface area contributed by atoms with Crippen molar-refractivity contribution in [3.63, 3.8) is 0 Å². The van der Waals surface area contributed by atoms with Gasteiger partial charge in [0.1, 0.15) is 0 Å². The molecule has 0 aromatic heterocycles. The molecule has 3 rings (SSSR count). The van der Waals surface area contributed by atoms with Gasteiger partial charge in [0.2, 0.25) is 20.0 Å². The Morgan fingerprint density at radius 1 is 0.824 bits per heavy atom. The van der Waals surface area contributed by atoms with Crippen LogP contribution in [0.1, 0.15) is 31.4 Å². The second-order valence-electron chi connectivity index (χ2n) is 8.10. The molecule has 0 bridgehead atoms. The van der Waals surface area contributed by atoms with E-state index in [1.807, 2.05) is 37.3 Å². The average molecular weight is 521 g/mol. The van der Waals surface area contributed by atoms with Gasteiger partial charge in [0.15, 0.2) is 0 Å². The fourth-order valence-corrected chi connectivity index (χ4v) is 6.21. The molecule has 0 amide bonds. The Balaban J connectivity index is 1.88. The highest BCUT2D eigenvalue weighted by molar-refractivity contribution is 7.89. The van der Waals surface area contributed by atoms with Gasteiger partial charge in [0.05, 0.1) is 9.79 Å². The Hall–Kier alpha value is -2.23. The highest BCUT2D eigenvalue weighted by atomic mass is 35.5. The molecule has 6 nitrogen and oxygen atoms in total. The highest BCUT2D eigenvalue weighted by Crippen LogP contribution is 2.22. The van der Waals surface area contributed by atoms with Crippen molar-refractivity contribution in [2.24, 2.45) is 0 Å². The fraction of sp³-hybridized carbons (Fsp3) is 0.280. The summed E-state index contributed by atoms with van der Waals surface area (Å²) >= 11 is 5.98. The fourth-order valence-electron chi connectivity index (χ4n) is 3.33. The number of halogens is 1.